The topological polar surface area (TPSA) is 132 Å². The number of hydrogen-bond acceptors (Lipinski definition) is 10. The number of benzene rings is 1. The Morgan fingerprint density at radius 2 is 0.965 bits per heavy atom. The summed E-state index contributed by atoms with van der Waals surface area (Å²) in [7, 11) is 0. The summed E-state index contributed by atoms with van der Waals surface area (Å²) >= 11 is 0. The van der Waals surface area contributed by atoms with Crippen molar-refractivity contribution < 1.29 is 47.7 Å². The van der Waals surface area contributed by atoms with Crippen LogP contribution in [0, 0.1) is 47.3 Å². The van der Waals surface area contributed by atoms with E-state index in [0.717, 1.165) is 77.0 Å². The van der Waals surface area contributed by atoms with Crippen molar-refractivity contribution in [3.63, 3.8) is 0 Å². The van der Waals surface area contributed by atoms with Gasteiger partial charge in [0.25, 0.3) is 0 Å². The molecule has 0 unspecified atom stereocenters. The molecule has 4 aliphatic carbocycles. The summed E-state index contributed by atoms with van der Waals surface area (Å²) in [5, 5.41) is 0. The number of carbonyl (C=O) groups is 5. The molecular weight excluding hydrogens is 725 g/mol. The molecule has 0 radical (unpaired) electrons. The van der Waals surface area contributed by atoms with Crippen molar-refractivity contribution in [3.05, 3.63) is 49.1 Å². The van der Waals surface area contributed by atoms with Gasteiger partial charge in [0.15, 0.2) is 11.5 Å². The van der Waals surface area contributed by atoms with E-state index < -0.39 is 5.97 Å². The van der Waals surface area contributed by atoms with Crippen LogP contribution < -0.4 is 9.47 Å². The van der Waals surface area contributed by atoms with Gasteiger partial charge in [-0.2, -0.15) is 0 Å². The van der Waals surface area contributed by atoms with E-state index in [-0.39, 0.29) is 59.4 Å². The minimum absolute atomic E-state index is 0.0860. The summed E-state index contributed by atoms with van der Waals surface area (Å²) < 4.78 is 27.4. The van der Waals surface area contributed by atoms with Crippen LogP contribution in [0.5, 0.6) is 11.5 Å². The summed E-state index contributed by atoms with van der Waals surface area (Å²) in [4.78, 5) is 62.3. The lowest BCUT2D eigenvalue weighted by atomic mass is 9.68. The molecule has 10 heteroatoms. The monoisotopic (exact) mass is 790 g/mol. The largest absolute Gasteiger partial charge is 0.463 e. The van der Waals surface area contributed by atoms with Crippen LogP contribution in [-0.4, -0.2) is 49.7 Å². The van der Waals surface area contributed by atoms with E-state index in [1.165, 1.54) is 69.6 Å². The average Bonchev–Trinajstić information content (AvgIpc) is 3.24. The van der Waals surface area contributed by atoms with Crippen LogP contribution in [0.2, 0.25) is 0 Å². The molecule has 5 rings (SSSR count). The fourth-order valence-corrected chi connectivity index (χ4v) is 10.2. The third kappa shape index (κ3) is 13.6. The van der Waals surface area contributed by atoms with Crippen LogP contribution in [0.1, 0.15) is 146 Å². The van der Waals surface area contributed by atoms with Crippen LogP contribution >= 0.6 is 0 Å². The lowest BCUT2D eigenvalue weighted by Gasteiger charge is -2.37. The average molecular weight is 791 g/mol. The Hall–Kier alpha value is -3.95. The molecule has 4 fully saturated rings. The summed E-state index contributed by atoms with van der Waals surface area (Å²) in [5.74, 6) is 1.78. The van der Waals surface area contributed by atoms with E-state index in [2.05, 4.69) is 13.2 Å². The van der Waals surface area contributed by atoms with Gasteiger partial charge in [0, 0.05) is 12.2 Å². The first-order valence-corrected chi connectivity index (χ1v) is 22.0. The van der Waals surface area contributed by atoms with Crippen LogP contribution in [0.3, 0.4) is 0 Å². The molecule has 4 aliphatic rings. The second-order valence-electron chi connectivity index (χ2n) is 17.0. The van der Waals surface area contributed by atoms with E-state index >= 15 is 0 Å². The zero-order valence-electron chi connectivity index (χ0n) is 34.3. The van der Waals surface area contributed by atoms with Crippen molar-refractivity contribution in [1.82, 2.24) is 0 Å². The van der Waals surface area contributed by atoms with Gasteiger partial charge in [-0.25, -0.2) is 14.4 Å². The standard InChI is InChI=1S/C47H66O10/c1-4-43(48)54-29-7-9-32-11-15-34(16-12-32)36-19-23-38(24-20-36)46(51)56-41-28-27-40(45(50)53-6-3)31-42(41)57-47(52)39-25-21-37(22-26-39)35-17-13-33(14-18-35)10-8-30-55-44(49)5-2/h4-5,27-28,31-39H,1-2,6-26,29-30H2,3H3/t32-,33?,34-,35?,36-,37?,38-,39?. The summed E-state index contributed by atoms with van der Waals surface area (Å²) in [5.41, 5.74) is 0.239. The molecule has 314 valence electrons. The highest BCUT2D eigenvalue weighted by Crippen LogP contribution is 2.44. The lowest BCUT2D eigenvalue weighted by Crippen LogP contribution is -2.31. The van der Waals surface area contributed by atoms with Crippen LogP contribution in [0.4, 0.5) is 0 Å². The van der Waals surface area contributed by atoms with Crippen LogP contribution in [0.15, 0.2) is 43.5 Å². The maximum Gasteiger partial charge on any atom is 0.338 e. The van der Waals surface area contributed by atoms with Gasteiger partial charge in [0.05, 0.1) is 37.2 Å². The molecule has 0 heterocycles. The van der Waals surface area contributed by atoms with Crippen LogP contribution in [-0.2, 0) is 33.4 Å². The molecule has 0 amide bonds. The van der Waals surface area contributed by atoms with Crippen molar-refractivity contribution in [3.8, 4) is 11.5 Å². The fourth-order valence-electron chi connectivity index (χ4n) is 10.2. The number of rotatable bonds is 18. The highest BCUT2D eigenvalue weighted by Gasteiger charge is 2.36. The van der Waals surface area contributed by atoms with Gasteiger partial charge in [-0.15, -0.1) is 0 Å². The Labute approximate surface area is 339 Å². The van der Waals surface area contributed by atoms with E-state index in [1.54, 1.807) is 19.1 Å². The minimum atomic E-state index is -0.527. The van der Waals surface area contributed by atoms with E-state index in [4.69, 9.17) is 23.7 Å². The Bertz CT molecular complexity index is 1500. The minimum Gasteiger partial charge on any atom is -0.463 e. The van der Waals surface area contributed by atoms with Gasteiger partial charge in [0.1, 0.15) is 0 Å². The predicted molar refractivity (Wildman–Crippen MR) is 216 cm³/mol. The number of esters is 5. The molecule has 0 aliphatic heterocycles. The third-order valence-electron chi connectivity index (χ3n) is 13.5. The Kier molecular flexibility index (Phi) is 17.7. The van der Waals surface area contributed by atoms with Gasteiger partial charge >= 0.3 is 29.8 Å². The second kappa shape index (κ2) is 22.8. The first-order chi connectivity index (χ1) is 27.7. The predicted octanol–water partition coefficient (Wildman–Crippen LogP) is 9.92. The first kappa shape index (κ1) is 44.2. The first-order valence-electron chi connectivity index (χ1n) is 22.0. The van der Waals surface area contributed by atoms with Crippen molar-refractivity contribution in [2.75, 3.05) is 19.8 Å². The van der Waals surface area contributed by atoms with Crippen molar-refractivity contribution in [2.24, 2.45) is 47.3 Å². The molecule has 0 spiro atoms. The molecule has 57 heavy (non-hydrogen) atoms. The lowest BCUT2D eigenvalue weighted by molar-refractivity contribution is -0.143. The highest BCUT2D eigenvalue weighted by molar-refractivity contribution is 5.91. The fraction of sp³-hybridized carbons (Fsp3) is 0.681. The van der Waals surface area contributed by atoms with Crippen molar-refractivity contribution >= 4 is 29.8 Å². The maximum atomic E-state index is 13.6. The molecule has 0 aromatic heterocycles. The normalized spacial score (nSPS) is 27.6. The Balaban J connectivity index is 1.07. The Morgan fingerprint density at radius 1 is 0.561 bits per heavy atom. The second-order valence-corrected chi connectivity index (χ2v) is 17.0. The smallest absolute Gasteiger partial charge is 0.338 e. The number of ether oxygens (including phenoxy) is 5. The number of hydrogen-bond donors (Lipinski definition) is 0. The molecule has 0 saturated heterocycles. The van der Waals surface area contributed by atoms with Crippen molar-refractivity contribution in [1.29, 1.82) is 0 Å². The highest BCUT2D eigenvalue weighted by atomic mass is 16.6. The molecule has 0 N–H and O–H groups in total. The molecular formula is C47H66O10. The molecule has 0 atom stereocenters. The molecule has 1 aromatic rings. The SMILES string of the molecule is C=CC(=O)OCCCC1CCC(C2CCC(C(=O)Oc3cc(C(=O)OCC)ccc3OC(=O)[C@H]3CC[C@H]([C@H]4CC[C@H](CCCOC(=O)C=C)CC4)CC3)CC2)CC1. The molecule has 4 saturated carbocycles. The maximum absolute atomic E-state index is 13.6. The summed E-state index contributed by atoms with van der Waals surface area (Å²) in [6, 6.07) is 4.56. The van der Waals surface area contributed by atoms with E-state index in [9.17, 15) is 24.0 Å². The molecule has 10 nitrogen and oxygen atoms in total. The van der Waals surface area contributed by atoms with E-state index in [0.29, 0.717) is 48.7 Å². The zero-order valence-corrected chi connectivity index (χ0v) is 34.3. The van der Waals surface area contributed by atoms with Crippen LogP contribution in [0.25, 0.3) is 0 Å². The molecule has 1 aromatic carbocycles. The third-order valence-corrected chi connectivity index (χ3v) is 13.5. The van der Waals surface area contributed by atoms with Gasteiger partial charge in [-0.05, 0) is 163 Å². The summed E-state index contributed by atoms with van der Waals surface area (Å²) in [6.07, 6.45) is 23.0. The Morgan fingerprint density at radius 3 is 1.37 bits per heavy atom. The van der Waals surface area contributed by atoms with Crippen molar-refractivity contribution in [2.45, 2.75) is 135 Å². The molecule has 0 bridgehead atoms. The van der Waals surface area contributed by atoms with Gasteiger partial charge in [0.2, 0.25) is 0 Å². The van der Waals surface area contributed by atoms with Gasteiger partial charge < -0.3 is 23.7 Å². The number of carbonyl (C=O) groups excluding carboxylic acids is 5. The quantitative estimate of drug-likeness (QED) is 0.0466. The zero-order chi connectivity index (χ0) is 40.6. The van der Waals surface area contributed by atoms with Gasteiger partial charge in [-0.1, -0.05) is 38.8 Å². The van der Waals surface area contributed by atoms with E-state index in [1.807, 2.05) is 0 Å². The summed E-state index contributed by atoms with van der Waals surface area (Å²) in [6.45, 7) is 9.73. The van der Waals surface area contributed by atoms with Gasteiger partial charge in [-0.3, -0.25) is 9.59 Å².